The average molecular weight is 525 g/mol. The van der Waals surface area contributed by atoms with Crippen LogP contribution in [0.4, 0.5) is 17.6 Å². The molecule has 0 saturated heterocycles. The van der Waals surface area contributed by atoms with Gasteiger partial charge in [0, 0.05) is 11.1 Å². The highest BCUT2D eigenvalue weighted by molar-refractivity contribution is 5.71. The summed E-state index contributed by atoms with van der Waals surface area (Å²) in [7, 11) is 0. The lowest BCUT2D eigenvalue weighted by atomic mass is 9.82. The average Bonchev–Trinajstić information content (AvgIpc) is 2.94. The van der Waals surface area contributed by atoms with Crippen molar-refractivity contribution in [3.63, 3.8) is 0 Å². The minimum Gasteiger partial charge on any atom is -0.374 e. The summed E-state index contributed by atoms with van der Waals surface area (Å²) in [5.74, 6) is -3.42. The van der Waals surface area contributed by atoms with Crippen LogP contribution in [0.25, 0.3) is 22.3 Å². The number of benzene rings is 3. The number of rotatable bonds is 10. The first-order chi connectivity index (χ1) is 18.4. The maximum absolute atomic E-state index is 15.2. The van der Waals surface area contributed by atoms with Crippen molar-refractivity contribution in [3.05, 3.63) is 95.1 Å². The molecule has 38 heavy (non-hydrogen) atoms. The van der Waals surface area contributed by atoms with Gasteiger partial charge in [0.25, 0.3) is 0 Å². The molecule has 0 spiro atoms. The molecule has 3 aromatic carbocycles. The van der Waals surface area contributed by atoms with E-state index in [9.17, 15) is 8.78 Å². The van der Waals surface area contributed by atoms with E-state index < -0.39 is 23.3 Å². The van der Waals surface area contributed by atoms with E-state index in [0.717, 1.165) is 44.9 Å². The summed E-state index contributed by atoms with van der Waals surface area (Å²) in [4.78, 5) is 0. The Morgan fingerprint density at radius 1 is 0.737 bits per heavy atom. The normalized spacial score (nSPS) is 17.8. The molecule has 0 N–H and O–H groups in total. The Balaban J connectivity index is 1.48. The molecule has 1 fully saturated rings. The number of hydrogen-bond donors (Lipinski definition) is 0. The fraction of sp³-hybridized carbons (Fsp3) is 0.394. The predicted octanol–water partition coefficient (Wildman–Crippen LogP) is 9.93. The quantitative estimate of drug-likeness (QED) is 0.146. The Kier molecular flexibility index (Phi) is 9.79. The fourth-order valence-electron chi connectivity index (χ4n) is 5.33. The zero-order valence-corrected chi connectivity index (χ0v) is 22.2. The third-order valence-corrected chi connectivity index (χ3v) is 7.61. The summed E-state index contributed by atoms with van der Waals surface area (Å²) in [6, 6.07) is 13.0. The largest absolute Gasteiger partial charge is 0.374 e. The van der Waals surface area contributed by atoms with Crippen LogP contribution in [-0.4, -0.2) is 12.7 Å². The molecule has 0 aliphatic heterocycles. The van der Waals surface area contributed by atoms with Crippen LogP contribution in [0, 0.1) is 23.3 Å². The van der Waals surface area contributed by atoms with Crippen molar-refractivity contribution in [1.82, 2.24) is 0 Å². The lowest BCUT2D eigenvalue weighted by Gasteiger charge is -2.29. The molecule has 5 heteroatoms. The van der Waals surface area contributed by atoms with Gasteiger partial charge in [0.1, 0.15) is 0 Å². The molecule has 3 aromatic rings. The number of aryl methyl sites for hydroxylation is 1. The third-order valence-electron chi connectivity index (χ3n) is 7.61. The van der Waals surface area contributed by atoms with E-state index in [1.54, 1.807) is 48.5 Å². The molecule has 0 heterocycles. The summed E-state index contributed by atoms with van der Waals surface area (Å²) >= 11 is 0. The van der Waals surface area contributed by atoms with Crippen LogP contribution < -0.4 is 0 Å². The monoisotopic (exact) mass is 524 g/mol. The van der Waals surface area contributed by atoms with Crippen molar-refractivity contribution in [3.8, 4) is 22.3 Å². The number of ether oxygens (including phenoxy) is 1. The minimum absolute atomic E-state index is 0.0368. The molecule has 0 aromatic heterocycles. The number of halogens is 4. The molecule has 0 amide bonds. The second-order valence-corrected chi connectivity index (χ2v) is 10.1. The molecule has 0 radical (unpaired) electrons. The van der Waals surface area contributed by atoms with Gasteiger partial charge in [-0.15, -0.1) is 0 Å². The molecule has 1 aliphatic carbocycles. The molecular weight excluding hydrogens is 488 g/mol. The maximum atomic E-state index is 15.2. The zero-order valence-electron chi connectivity index (χ0n) is 22.2. The van der Waals surface area contributed by atoms with E-state index in [0.29, 0.717) is 35.3 Å². The van der Waals surface area contributed by atoms with Gasteiger partial charge < -0.3 is 4.74 Å². The fourth-order valence-corrected chi connectivity index (χ4v) is 5.33. The second-order valence-electron chi connectivity index (χ2n) is 10.1. The smallest absolute Gasteiger partial charge is 0.166 e. The van der Waals surface area contributed by atoms with Crippen molar-refractivity contribution >= 4 is 0 Å². The first kappa shape index (κ1) is 28.1. The third kappa shape index (κ3) is 6.37. The number of allylic oxidation sites excluding steroid dienone is 1. The van der Waals surface area contributed by atoms with Gasteiger partial charge in [0.15, 0.2) is 23.3 Å². The Labute approximate surface area is 223 Å². The van der Waals surface area contributed by atoms with Gasteiger partial charge in [-0.1, -0.05) is 80.4 Å². The van der Waals surface area contributed by atoms with E-state index >= 15 is 8.78 Å². The minimum atomic E-state index is -0.879. The number of hydrogen-bond acceptors (Lipinski definition) is 1. The van der Waals surface area contributed by atoms with Gasteiger partial charge in [-0.2, -0.15) is 0 Å². The summed E-state index contributed by atoms with van der Waals surface area (Å²) in [6.07, 6.45) is 10.5. The van der Waals surface area contributed by atoms with E-state index in [2.05, 4.69) is 6.92 Å². The van der Waals surface area contributed by atoms with Crippen molar-refractivity contribution in [2.24, 2.45) is 0 Å². The summed E-state index contributed by atoms with van der Waals surface area (Å²) in [5.41, 5.74) is 2.06. The molecule has 4 rings (SSSR count). The van der Waals surface area contributed by atoms with Gasteiger partial charge in [-0.05, 0) is 73.6 Å². The lowest BCUT2D eigenvalue weighted by molar-refractivity contribution is 0.0419. The van der Waals surface area contributed by atoms with Crippen LogP contribution in [0.1, 0.15) is 75.8 Å². The Bertz CT molecular complexity index is 1240. The van der Waals surface area contributed by atoms with Gasteiger partial charge in [0.05, 0.1) is 12.7 Å². The van der Waals surface area contributed by atoms with Crippen molar-refractivity contribution in [1.29, 1.82) is 0 Å². The second kappa shape index (κ2) is 13.2. The first-order valence-corrected chi connectivity index (χ1v) is 13.7. The van der Waals surface area contributed by atoms with E-state index in [4.69, 9.17) is 4.74 Å². The zero-order chi connectivity index (χ0) is 27.1. The van der Waals surface area contributed by atoms with Crippen molar-refractivity contribution in [2.75, 3.05) is 6.61 Å². The number of unbranched alkanes of at least 4 members (excludes halogenated alkanes) is 2. The predicted molar refractivity (Wildman–Crippen MR) is 146 cm³/mol. The van der Waals surface area contributed by atoms with Gasteiger partial charge in [-0.3, -0.25) is 0 Å². The van der Waals surface area contributed by atoms with E-state index in [1.807, 2.05) is 19.1 Å². The van der Waals surface area contributed by atoms with E-state index in [1.165, 1.54) is 0 Å². The summed E-state index contributed by atoms with van der Waals surface area (Å²) in [6.45, 7) is 4.59. The molecule has 0 unspecified atom stereocenters. The van der Waals surface area contributed by atoms with Crippen LogP contribution in [0.2, 0.25) is 0 Å². The molecular formula is C33H36F4O. The van der Waals surface area contributed by atoms with Crippen LogP contribution >= 0.6 is 0 Å². The molecule has 202 valence electrons. The molecule has 0 bridgehead atoms. The van der Waals surface area contributed by atoms with Crippen LogP contribution in [0.3, 0.4) is 0 Å². The van der Waals surface area contributed by atoms with Crippen LogP contribution in [0.5, 0.6) is 0 Å². The highest BCUT2D eigenvalue weighted by Crippen LogP contribution is 2.38. The molecule has 0 atom stereocenters. The van der Waals surface area contributed by atoms with E-state index in [-0.39, 0.29) is 23.1 Å². The maximum Gasteiger partial charge on any atom is 0.166 e. The highest BCUT2D eigenvalue weighted by Gasteiger charge is 2.27. The SMILES string of the molecule is CC=CCOC1CCC(c2ccc(-c3ccc(-c4ccc(CCCCC)c(F)c4F)cc3)c(F)c2F)CC1. The van der Waals surface area contributed by atoms with Gasteiger partial charge in [0.2, 0.25) is 0 Å². The molecule has 1 nitrogen and oxygen atoms in total. The molecule has 1 aliphatic rings. The summed E-state index contributed by atoms with van der Waals surface area (Å²) < 4.78 is 65.6. The van der Waals surface area contributed by atoms with Crippen LogP contribution in [-0.2, 0) is 11.2 Å². The van der Waals surface area contributed by atoms with Crippen molar-refractivity contribution in [2.45, 2.75) is 77.2 Å². The summed E-state index contributed by atoms with van der Waals surface area (Å²) in [5, 5.41) is 0. The van der Waals surface area contributed by atoms with Gasteiger partial charge >= 0.3 is 0 Å². The van der Waals surface area contributed by atoms with Crippen LogP contribution in [0.15, 0.2) is 60.7 Å². The lowest BCUT2D eigenvalue weighted by Crippen LogP contribution is -2.21. The Hall–Kier alpha value is -2.92. The first-order valence-electron chi connectivity index (χ1n) is 13.7. The van der Waals surface area contributed by atoms with Crippen molar-refractivity contribution < 1.29 is 22.3 Å². The topological polar surface area (TPSA) is 9.23 Å². The standard InChI is InChI=1S/C33H36F4O/c1-3-5-7-8-25-15-18-27(31(35)30(25)34)22-9-11-23(12-10-22)28-19-20-29(33(37)32(28)36)24-13-16-26(17-14-24)38-21-6-4-2/h4,6,9-12,15,18-20,24,26H,3,5,7-8,13-14,16-17,21H2,1-2H3. The Morgan fingerprint density at radius 3 is 1.95 bits per heavy atom. The molecule has 1 saturated carbocycles. The Morgan fingerprint density at radius 2 is 1.34 bits per heavy atom. The van der Waals surface area contributed by atoms with Gasteiger partial charge in [-0.25, -0.2) is 17.6 Å². The highest BCUT2D eigenvalue weighted by atomic mass is 19.2.